The number of ketones is 1. The van der Waals surface area contributed by atoms with E-state index in [1.54, 1.807) is 0 Å². The molecule has 5 rings (SSSR count). The summed E-state index contributed by atoms with van der Waals surface area (Å²) in [5.74, 6) is -2.46. The van der Waals surface area contributed by atoms with Gasteiger partial charge in [0.25, 0.3) is 0 Å². The second-order valence-corrected chi connectivity index (χ2v) is 9.31. The van der Waals surface area contributed by atoms with Crippen molar-refractivity contribution in [1.82, 2.24) is 0 Å². The number of rotatable bonds is 6. The molecular weight excluding hydrogens is 471 g/mol. The number of benzene rings is 2. The van der Waals surface area contributed by atoms with Crippen LogP contribution in [-0.4, -0.2) is 36.4 Å². The minimum Gasteiger partial charge on any atom is -0.462 e. The highest BCUT2D eigenvalue weighted by Crippen LogP contribution is 2.57. The zero-order chi connectivity index (χ0) is 23.3. The van der Waals surface area contributed by atoms with Crippen LogP contribution in [0.25, 0.3) is 0 Å². The van der Waals surface area contributed by atoms with Crippen LogP contribution < -0.4 is 4.74 Å². The maximum Gasteiger partial charge on any atom is 0.343 e. The first-order chi connectivity index (χ1) is 15.8. The van der Waals surface area contributed by atoms with Crippen molar-refractivity contribution < 1.29 is 33.4 Å². The number of carbonyl (C=O) groups is 4. The normalized spacial score (nSPS) is 26.7. The van der Waals surface area contributed by atoms with Crippen molar-refractivity contribution in [3.63, 3.8) is 0 Å². The highest BCUT2D eigenvalue weighted by Gasteiger charge is 2.64. The Kier molecular flexibility index (Phi) is 5.62. The molecule has 5 atom stereocenters. The summed E-state index contributed by atoms with van der Waals surface area (Å²) >= 11 is 11.8. The molecule has 9 heteroatoms. The van der Waals surface area contributed by atoms with Crippen LogP contribution in [0.2, 0.25) is 10.0 Å². The van der Waals surface area contributed by atoms with Crippen LogP contribution >= 0.6 is 23.2 Å². The number of Topliss-reactive ketones (excluding diaryl/α,β-unsaturated/α-hetero) is 1. The van der Waals surface area contributed by atoms with Crippen molar-refractivity contribution in [1.29, 1.82) is 0 Å². The van der Waals surface area contributed by atoms with Crippen molar-refractivity contribution in [3.8, 4) is 5.75 Å². The zero-order valence-electron chi connectivity index (χ0n) is 17.2. The van der Waals surface area contributed by atoms with Crippen LogP contribution in [0, 0.1) is 23.7 Å². The van der Waals surface area contributed by atoms with E-state index in [-0.39, 0.29) is 40.2 Å². The quantitative estimate of drug-likeness (QED) is 0.342. The molecule has 1 aliphatic heterocycles. The summed E-state index contributed by atoms with van der Waals surface area (Å²) in [6.45, 7) is -0.430. The molecule has 1 saturated heterocycles. The van der Waals surface area contributed by atoms with E-state index in [4.69, 9.17) is 37.4 Å². The van der Waals surface area contributed by atoms with Gasteiger partial charge in [0.2, 0.25) is 0 Å². The van der Waals surface area contributed by atoms with E-state index in [0.717, 1.165) is 6.42 Å². The van der Waals surface area contributed by atoms with Gasteiger partial charge < -0.3 is 14.2 Å². The van der Waals surface area contributed by atoms with Crippen molar-refractivity contribution >= 4 is 46.9 Å². The number of halogens is 2. The molecule has 2 aliphatic carbocycles. The Balaban J connectivity index is 1.16. The maximum absolute atomic E-state index is 12.6. The number of esters is 3. The Labute approximate surface area is 198 Å². The molecule has 1 heterocycles. The molecule has 7 nitrogen and oxygen atoms in total. The minimum absolute atomic E-state index is 0.0672. The fourth-order valence-electron chi connectivity index (χ4n) is 5.14. The predicted octanol–water partition coefficient (Wildman–Crippen LogP) is 4.14. The average molecular weight is 489 g/mol. The topological polar surface area (TPSA) is 96.0 Å². The Bertz CT molecular complexity index is 1160. The van der Waals surface area contributed by atoms with E-state index in [0.29, 0.717) is 17.0 Å². The van der Waals surface area contributed by atoms with E-state index in [1.807, 2.05) is 0 Å². The van der Waals surface area contributed by atoms with Gasteiger partial charge in [0.05, 0.1) is 27.4 Å². The first-order valence-corrected chi connectivity index (χ1v) is 11.2. The molecule has 2 aromatic carbocycles. The smallest absolute Gasteiger partial charge is 0.343 e. The summed E-state index contributed by atoms with van der Waals surface area (Å²) in [6.07, 6.45) is 1.41. The van der Waals surface area contributed by atoms with Gasteiger partial charge in [0.1, 0.15) is 11.9 Å². The molecule has 0 radical (unpaired) electrons. The lowest BCUT2D eigenvalue weighted by atomic mass is 9.80. The van der Waals surface area contributed by atoms with Gasteiger partial charge in [-0.2, -0.15) is 0 Å². The Morgan fingerprint density at radius 1 is 0.970 bits per heavy atom. The van der Waals surface area contributed by atoms with E-state index < -0.39 is 36.2 Å². The molecule has 170 valence electrons. The average Bonchev–Trinajstić information content (AvgIpc) is 3.42. The SMILES string of the molecule is O=C(COC(=O)[C@@H]1[C@@H]2C[C@@H]3[C@H]1C(=O)O[C@@H]3C2)c1ccc(OC(=O)c2ccc(Cl)c(Cl)c2)cc1. The maximum atomic E-state index is 12.6. The van der Waals surface area contributed by atoms with Crippen molar-refractivity contribution in [2.75, 3.05) is 6.61 Å². The third kappa shape index (κ3) is 4.00. The Morgan fingerprint density at radius 3 is 2.42 bits per heavy atom. The molecular formula is C24H18Cl2O7. The molecule has 0 unspecified atom stereocenters. The highest BCUT2D eigenvalue weighted by atomic mass is 35.5. The third-order valence-corrected chi connectivity index (χ3v) is 7.38. The number of hydrogen-bond acceptors (Lipinski definition) is 7. The minimum atomic E-state index is -0.625. The van der Waals surface area contributed by atoms with Gasteiger partial charge in [-0.25, -0.2) is 4.79 Å². The van der Waals surface area contributed by atoms with Crippen LogP contribution in [-0.2, 0) is 19.1 Å². The first-order valence-electron chi connectivity index (χ1n) is 10.5. The van der Waals surface area contributed by atoms with Crippen LogP contribution in [0.3, 0.4) is 0 Å². The molecule has 0 aromatic heterocycles. The second kappa shape index (κ2) is 8.47. The number of fused-ring (bicyclic) bond motifs is 1. The Morgan fingerprint density at radius 2 is 1.70 bits per heavy atom. The molecule has 2 aromatic rings. The molecule has 3 aliphatic rings. The molecule has 0 spiro atoms. The lowest BCUT2D eigenvalue weighted by Crippen LogP contribution is -2.34. The van der Waals surface area contributed by atoms with E-state index in [9.17, 15) is 19.2 Å². The fourth-order valence-corrected chi connectivity index (χ4v) is 5.44. The molecule has 0 amide bonds. The van der Waals surface area contributed by atoms with Gasteiger partial charge in [-0.15, -0.1) is 0 Å². The largest absolute Gasteiger partial charge is 0.462 e. The van der Waals surface area contributed by atoms with Crippen LogP contribution in [0.5, 0.6) is 5.75 Å². The lowest BCUT2D eigenvalue weighted by Gasteiger charge is -2.22. The first kappa shape index (κ1) is 21.9. The number of carbonyl (C=O) groups excluding carboxylic acids is 4. The van der Waals surface area contributed by atoms with Gasteiger partial charge in [-0.05, 0) is 61.2 Å². The number of hydrogen-bond donors (Lipinski definition) is 0. The van der Waals surface area contributed by atoms with Crippen LogP contribution in [0.15, 0.2) is 42.5 Å². The summed E-state index contributed by atoms with van der Waals surface area (Å²) in [5, 5.41) is 0.557. The fraction of sp³-hybridized carbons (Fsp3) is 0.333. The molecule has 33 heavy (non-hydrogen) atoms. The Hall–Kier alpha value is -2.90. The molecule has 3 fully saturated rings. The monoisotopic (exact) mass is 488 g/mol. The van der Waals surface area contributed by atoms with Crippen molar-refractivity contribution in [2.24, 2.45) is 23.7 Å². The standard InChI is InChI=1S/C24H18Cl2O7/c25-16-6-3-12(8-17(16)26)22(28)32-14-4-1-11(2-5-14)18(27)10-31-23(29)20-13-7-15-19(9-13)33-24(30)21(15)20/h1-6,8,13,15,19-21H,7,9-10H2/t13-,15+,19-,20-,21-/m1/s1. The van der Waals surface area contributed by atoms with E-state index in [2.05, 4.69) is 0 Å². The van der Waals surface area contributed by atoms with Gasteiger partial charge in [0.15, 0.2) is 12.4 Å². The zero-order valence-corrected chi connectivity index (χ0v) is 18.7. The number of ether oxygens (including phenoxy) is 3. The summed E-state index contributed by atoms with van der Waals surface area (Å²) < 4.78 is 15.9. The lowest BCUT2D eigenvalue weighted by molar-refractivity contribution is -0.154. The van der Waals surface area contributed by atoms with Gasteiger partial charge >= 0.3 is 17.9 Å². The molecule has 2 bridgehead atoms. The molecule has 2 saturated carbocycles. The summed E-state index contributed by atoms with van der Waals surface area (Å²) in [7, 11) is 0. The van der Waals surface area contributed by atoms with Crippen molar-refractivity contribution in [3.05, 3.63) is 63.6 Å². The highest BCUT2D eigenvalue weighted by molar-refractivity contribution is 6.42. The van der Waals surface area contributed by atoms with Crippen LogP contribution in [0.4, 0.5) is 0 Å². The van der Waals surface area contributed by atoms with Crippen molar-refractivity contribution in [2.45, 2.75) is 18.9 Å². The summed E-state index contributed by atoms with van der Waals surface area (Å²) in [6, 6.07) is 10.3. The van der Waals surface area contributed by atoms with Gasteiger partial charge in [-0.3, -0.25) is 14.4 Å². The third-order valence-electron chi connectivity index (χ3n) is 6.64. The molecule has 0 N–H and O–H groups in total. The second-order valence-electron chi connectivity index (χ2n) is 8.50. The van der Waals surface area contributed by atoms with E-state index >= 15 is 0 Å². The van der Waals surface area contributed by atoms with E-state index in [1.165, 1.54) is 42.5 Å². The van der Waals surface area contributed by atoms with Crippen LogP contribution in [0.1, 0.15) is 33.6 Å². The summed E-state index contributed by atoms with van der Waals surface area (Å²) in [5.41, 5.74) is 0.528. The van der Waals surface area contributed by atoms with Gasteiger partial charge in [0, 0.05) is 11.5 Å². The summed E-state index contributed by atoms with van der Waals surface area (Å²) in [4.78, 5) is 49.4. The predicted molar refractivity (Wildman–Crippen MR) is 116 cm³/mol. The van der Waals surface area contributed by atoms with Gasteiger partial charge in [-0.1, -0.05) is 23.2 Å².